The highest BCUT2D eigenvalue weighted by Crippen LogP contribution is 2.33. The standard InChI is InChI=1S/C14H20FN3O/c1-9(2)18(8-10-3-4-10)13-6-5-11(7-12(13)15)14(16)17-19/h5-7,9-10,19H,3-4,8H2,1-2H3,(H2,16,17). The lowest BCUT2D eigenvalue weighted by Crippen LogP contribution is -2.33. The summed E-state index contributed by atoms with van der Waals surface area (Å²) in [4.78, 5) is 2.07. The van der Waals surface area contributed by atoms with Crippen molar-refractivity contribution in [1.29, 1.82) is 0 Å². The summed E-state index contributed by atoms with van der Waals surface area (Å²) in [7, 11) is 0. The minimum absolute atomic E-state index is 0.0799. The van der Waals surface area contributed by atoms with E-state index < -0.39 is 0 Å². The minimum atomic E-state index is -0.335. The molecule has 0 spiro atoms. The van der Waals surface area contributed by atoms with Crippen LogP contribution in [0, 0.1) is 11.7 Å². The highest BCUT2D eigenvalue weighted by molar-refractivity contribution is 5.97. The van der Waals surface area contributed by atoms with Crippen molar-refractivity contribution in [2.24, 2.45) is 16.8 Å². The van der Waals surface area contributed by atoms with Gasteiger partial charge in [0.05, 0.1) is 5.69 Å². The fourth-order valence-corrected chi connectivity index (χ4v) is 2.12. The second-order valence-corrected chi connectivity index (χ2v) is 5.34. The summed E-state index contributed by atoms with van der Waals surface area (Å²) in [6.07, 6.45) is 2.46. The third-order valence-electron chi connectivity index (χ3n) is 3.44. The number of hydrogen-bond acceptors (Lipinski definition) is 3. The molecule has 1 aromatic rings. The van der Waals surface area contributed by atoms with Gasteiger partial charge in [-0.3, -0.25) is 0 Å². The van der Waals surface area contributed by atoms with Crippen LogP contribution in [0.1, 0.15) is 32.3 Å². The molecule has 1 saturated carbocycles. The van der Waals surface area contributed by atoms with Gasteiger partial charge in [0.25, 0.3) is 0 Å². The Bertz CT molecular complexity index is 484. The van der Waals surface area contributed by atoms with Crippen molar-refractivity contribution in [3.8, 4) is 0 Å². The maximum absolute atomic E-state index is 14.2. The number of anilines is 1. The molecule has 0 unspecified atom stereocenters. The molecular formula is C14H20FN3O. The Kier molecular flexibility index (Phi) is 3.93. The molecule has 0 amide bonds. The van der Waals surface area contributed by atoms with E-state index in [0.717, 1.165) is 6.54 Å². The third-order valence-corrected chi connectivity index (χ3v) is 3.44. The molecule has 0 atom stereocenters. The Labute approximate surface area is 112 Å². The van der Waals surface area contributed by atoms with Gasteiger partial charge in [0.15, 0.2) is 5.84 Å². The van der Waals surface area contributed by atoms with Gasteiger partial charge in [0.2, 0.25) is 0 Å². The molecule has 0 radical (unpaired) electrons. The molecule has 19 heavy (non-hydrogen) atoms. The highest BCUT2D eigenvalue weighted by atomic mass is 19.1. The predicted octanol–water partition coefficient (Wildman–Crippen LogP) is 2.54. The van der Waals surface area contributed by atoms with Crippen molar-refractivity contribution >= 4 is 11.5 Å². The molecule has 1 fully saturated rings. The van der Waals surface area contributed by atoms with E-state index in [1.54, 1.807) is 12.1 Å². The number of nitrogens with two attached hydrogens (primary N) is 1. The van der Waals surface area contributed by atoms with Crippen LogP contribution in [0.4, 0.5) is 10.1 Å². The number of benzene rings is 1. The Morgan fingerprint density at radius 1 is 1.53 bits per heavy atom. The number of halogens is 1. The zero-order valence-corrected chi connectivity index (χ0v) is 11.3. The number of nitrogens with zero attached hydrogens (tertiary/aromatic N) is 2. The van der Waals surface area contributed by atoms with Gasteiger partial charge in [-0.2, -0.15) is 0 Å². The van der Waals surface area contributed by atoms with Gasteiger partial charge in [-0.1, -0.05) is 5.16 Å². The van der Waals surface area contributed by atoms with Crippen LogP contribution in [0.2, 0.25) is 0 Å². The van der Waals surface area contributed by atoms with Crippen LogP contribution in [0.15, 0.2) is 23.4 Å². The summed E-state index contributed by atoms with van der Waals surface area (Å²) in [5.41, 5.74) is 6.43. The summed E-state index contributed by atoms with van der Waals surface area (Å²) in [6.45, 7) is 5.00. The molecule has 4 nitrogen and oxygen atoms in total. The first-order chi connectivity index (χ1) is 9.02. The van der Waals surface area contributed by atoms with Gasteiger partial charge in [-0.05, 0) is 50.8 Å². The van der Waals surface area contributed by atoms with Gasteiger partial charge in [0, 0.05) is 18.2 Å². The van der Waals surface area contributed by atoms with Crippen LogP contribution in [-0.2, 0) is 0 Å². The van der Waals surface area contributed by atoms with Crippen LogP contribution in [-0.4, -0.2) is 23.6 Å². The topological polar surface area (TPSA) is 61.8 Å². The van der Waals surface area contributed by atoms with E-state index in [4.69, 9.17) is 10.9 Å². The SMILES string of the molecule is CC(C)N(CC1CC1)c1ccc(C(N)=NO)cc1F. The van der Waals surface area contributed by atoms with Gasteiger partial charge in [-0.15, -0.1) is 0 Å². The zero-order valence-electron chi connectivity index (χ0n) is 11.3. The molecule has 0 aromatic heterocycles. The second kappa shape index (κ2) is 5.47. The molecule has 104 valence electrons. The van der Waals surface area contributed by atoms with E-state index >= 15 is 0 Å². The summed E-state index contributed by atoms with van der Waals surface area (Å²) >= 11 is 0. The first-order valence-electron chi connectivity index (χ1n) is 6.57. The summed E-state index contributed by atoms with van der Waals surface area (Å²) in [5, 5.41) is 11.5. The van der Waals surface area contributed by atoms with Crippen LogP contribution in [0.5, 0.6) is 0 Å². The Hall–Kier alpha value is -1.78. The number of hydrogen-bond donors (Lipinski definition) is 2. The molecule has 0 heterocycles. The molecule has 1 aromatic carbocycles. The molecule has 0 saturated heterocycles. The van der Waals surface area contributed by atoms with Crippen molar-refractivity contribution in [2.75, 3.05) is 11.4 Å². The Morgan fingerprint density at radius 2 is 2.21 bits per heavy atom. The quantitative estimate of drug-likeness (QED) is 0.372. The number of rotatable bonds is 5. The molecule has 2 rings (SSSR count). The smallest absolute Gasteiger partial charge is 0.170 e. The molecule has 0 bridgehead atoms. The summed E-state index contributed by atoms with van der Waals surface area (Å²) in [5.74, 6) is 0.271. The molecule has 1 aliphatic rings. The van der Waals surface area contributed by atoms with Gasteiger partial charge in [-0.25, -0.2) is 4.39 Å². The lowest BCUT2D eigenvalue weighted by atomic mass is 10.1. The molecule has 1 aliphatic carbocycles. The lowest BCUT2D eigenvalue weighted by Gasteiger charge is -2.29. The second-order valence-electron chi connectivity index (χ2n) is 5.34. The third kappa shape index (κ3) is 3.16. The van der Waals surface area contributed by atoms with Crippen LogP contribution >= 0.6 is 0 Å². The Morgan fingerprint density at radius 3 is 2.68 bits per heavy atom. The molecule has 3 N–H and O–H groups in total. The van der Waals surface area contributed by atoms with Crippen molar-refractivity contribution in [1.82, 2.24) is 0 Å². The van der Waals surface area contributed by atoms with Crippen molar-refractivity contribution in [3.05, 3.63) is 29.6 Å². The first-order valence-corrected chi connectivity index (χ1v) is 6.57. The van der Waals surface area contributed by atoms with E-state index in [2.05, 4.69) is 23.9 Å². The predicted molar refractivity (Wildman–Crippen MR) is 74.1 cm³/mol. The first kappa shape index (κ1) is 13.6. The van der Waals surface area contributed by atoms with E-state index in [9.17, 15) is 4.39 Å². The van der Waals surface area contributed by atoms with E-state index in [1.807, 2.05) is 0 Å². The van der Waals surface area contributed by atoms with Gasteiger partial charge >= 0.3 is 0 Å². The average Bonchev–Trinajstić information content (AvgIpc) is 3.19. The molecular weight excluding hydrogens is 245 g/mol. The van der Waals surface area contributed by atoms with Crippen molar-refractivity contribution < 1.29 is 9.60 Å². The largest absolute Gasteiger partial charge is 0.409 e. The minimum Gasteiger partial charge on any atom is -0.409 e. The van der Waals surface area contributed by atoms with E-state index in [0.29, 0.717) is 17.2 Å². The highest BCUT2D eigenvalue weighted by Gasteiger charge is 2.27. The van der Waals surface area contributed by atoms with Gasteiger partial charge in [0.1, 0.15) is 5.82 Å². The van der Waals surface area contributed by atoms with Crippen molar-refractivity contribution in [2.45, 2.75) is 32.7 Å². The van der Waals surface area contributed by atoms with E-state index in [1.165, 1.54) is 18.9 Å². The summed E-state index contributed by atoms with van der Waals surface area (Å²) in [6, 6.07) is 4.93. The van der Waals surface area contributed by atoms with Crippen LogP contribution < -0.4 is 10.6 Å². The fraction of sp³-hybridized carbons (Fsp3) is 0.500. The van der Waals surface area contributed by atoms with Crippen molar-refractivity contribution in [3.63, 3.8) is 0 Å². The maximum atomic E-state index is 14.2. The monoisotopic (exact) mass is 265 g/mol. The molecule has 5 heteroatoms. The fourth-order valence-electron chi connectivity index (χ4n) is 2.12. The Balaban J connectivity index is 2.26. The summed E-state index contributed by atoms with van der Waals surface area (Å²) < 4.78 is 14.2. The van der Waals surface area contributed by atoms with Crippen LogP contribution in [0.3, 0.4) is 0 Å². The average molecular weight is 265 g/mol. The van der Waals surface area contributed by atoms with Crippen LogP contribution in [0.25, 0.3) is 0 Å². The molecule has 0 aliphatic heterocycles. The number of amidine groups is 1. The lowest BCUT2D eigenvalue weighted by molar-refractivity contribution is 0.318. The van der Waals surface area contributed by atoms with E-state index in [-0.39, 0.29) is 17.7 Å². The number of oxime groups is 1. The normalized spacial score (nSPS) is 15.9. The zero-order chi connectivity index (χ0) is 14.0. The van der Waals surface area contributed by atoms with Gasteiger partial charge < -0.3 is 15.8 Å². The maximum Gasteiger partial charge on any atom is 0.170 e.